The molecule has 0 saturated carbocycles. The van der Waals surface area contributed by atoms with E-state index in [1.807, 2.05) is 12.1 Å². The van der Waals surface area contributed by atoms with Gasteiger partial charge in [0.2, 0.25) is 0 Å². The zero-order valence-electron chi connectivity index (χ0n) is 14.7. The van der Waals surface area contributed by atoms with Crippen molar-refractivity contribution >= 4 is 34.5 Å². The number of anilines is 1. The highest BCUT2D eigenvalue weighted by atomic mass is 35.5. The first-order chi connectivity index (χ1) is 12.5. The highest BCUT2D eigenvalue weighted by Gasteiger charge is 2.44. The van der Waals surface area contributed by atoms with Gasteiger partial charge in [-0.1, -0.05) is 29.9 Å². The molecule has 2 aromatic rings. The van der Waals surface area contributed by atoms with E-state index in [1.54, 1.807) is 14.2 Å². The Labute approximate surface area is 163 Å². The van der Waals surface area contributed by atoms with E-state index in [9.17, 15) is 0 Å². The van der Waals surface area contributed by atoms with Gasteiger partial charge in [0, 0.05) is 5.92 Å². The number of rotatable bonds is 3. The molecule has 4 rings (SSSR count). The molecule has 136 valence electrons. The quantitative estimate of drug-likeness (QED) is 0.600. The molecule has 3 atom stereocenters. The minimum atomic E-state index is 0.174. The summed E-state index contributed by atoms with van der Waals surface area (Å²) in [6, 6.07) is 10.3. The smallest absolute Gasteiger partial charge is 0.161 e. The number of nitrogen functional groups attached to an aromatic ring is 1. The van der Waals surface area contributed by atoms with E-state index in [2.05, 4.69) is 23.5 Å². The molecule has 1 heterocycles. The van der Waals surface area contributed by atoms with Gasteiger partial charge in [-0.25, -0.2) is 0 Å². The SMILES string of the molecule is COc1cc2c(cc1OC)C(c1ccc(Cl)c(N)c1)C1CCC(=S)NC21. The Bertz CT molecular complexity index is 886. The highest BCUT2D eigenvalue weighted by Crippen LogP contribution is 2.54. The molecule has 0 aromatic heterocycles. The molecule has 0 bridgehead atoms. The molecule has 1 saturated heterocycles. The van der Waals surface area contributed by atoms with Crippen LogP contribution in [0.25, 0.3) is 0 Å². The van der Waals surface area contributed by atoms with Gasteiger partial charge in [0.25, 0.3) is 0 Å². The minimum absolute atomic E-state index is 0.174. The first kappa shape index (κ1) is 17.4. The van der Waals surface area contributed by atoms with E-state index in [0.717, 1.165) is 29.3 Å². The van der Waals surface area contributed by atoms with E-state index in [-0.39, 0.29) is 12.0 Å². The summed E-state index contributed by atoms with van der Waals surface area (Å²) in [4.78, 5) is 0.920. The van der Waals surface area contributed by atoms with Crippen LogP contribution in [0.3, 0.4) is 0 Å². The maximum Gasteiger partial charge on any atom is 0.161 e. The molecule has 26 heavy (non-hydrogen) atoms. The predicted molar refractivity (Wildman–Crippen MR) is 108 cm³/mol. The summed E-state index contributed by atoms with van der Waals surface area (Å²) in [5, 5.41) is 4.11. The third-order valence-electron chi connectivity index (χ3n) is 5.52. The fourth-order valence-electron chi connectivity index (χ4n) is 4.35. The van der Waals surface area contributed by atoms with Crippen LogP contribution in [0.4, 0.5) is 5.69 Å². The average molecular weight is 389 g/mol. The number of piperidine rings is 1. The fraction of sp³-hybridized carbons (Fsp3) is 0.350. The van der Waals surface area contributed by atoms with Gasteiger partial charge in [-0.2, -0.15) is 0 Å². The summed E-state index contributed by atoms with van der Waals surface area (Å²) >= 11 is 11.6. The number of ether oxygens (including phenoxy) is 2. The number of benzene rings is 2. The number of halogens is 1. The van der Waals surface area contributed by atoms with Crippen molar-refractivity contribution in [1.29, 1.82) is 0 Å². The van der Waals surface area contributed by atoms with E-state index in [1.165, 1.54) is 16.7 Å². The van der Waals surface area contributed by atoms with Crippen molar-refractivity contribution < 1.29 is 9.47 Å². The van der Waals surface area contributed by atoms with E-state index in [0.29, 0.717) is 16.6 Å². The summed E-state index contributed by atoms with van der Waals surface area (Å²) in [6.45, 7) is 0. The van der Waals surface area contributed by atoms with Crippen molar-refractivity contribution in [3.63, 3.8) is 0 Å². The minimum Gasteiger partial charge on any atom is -0.493 e. The molecule has 1 aliphatic carbocycles. The molecule has 0 spiro atoms. The number of hydrogen-bond acceptors (Lipinski definition) is 4. The molecule has 2 aliphatic rings. The zero-order valence-corrected chi connectivity index (χ0v) is 16.3. The third kappa shape index (κ3) is 2.70. The Morgan fingerprint density at radius 1 is 1.12 bits per heavy atom. The van der Waals surface area contributed by atoms with Gasteiger partial charge in [0.15, 0.2) is 11.5 Å². The average Bonchev–Trinajstić information content (AvgIpc) is 2.95. The first-order valence-electron chi connectivity index (χ1n) is 8.63. The fourth-order valence-corrected chi connectivity index (χ4v) is 4.71. The van der Waals surface area contributed by atoms with Crippen molar-refractivity contribution in [1.82, 2.24) is 5.32 Å². The van der Waals surface area contributed by atoms with Crippen LogP contribution in [-0.2, 0) is 0 Å². The highest BCUT2D eigenvalue weighted by molar-refractivity contribution is 7.80. The van der Waals surface area contributed by atoms with Crippen LogP contribution >= 0.6 is 23.8 Å². The second kappa shape index (κ2) is 6.63. The van der Waals surface area contributed by atoms with Gasteiger partial charge in [-0.15, -0.1) is 0 Å². The Morgan fingerprint density at radius 3 is 2.46 bits per heavy atom. The number of methoxy groups -OCH3 is 2. The van der Waals surface area contributed by atoms with Crippen LogP contribution in [0.2, 0.25) is 5.02 Å². The summed E-state index contributed by atoms with van der Waals surface area (Å²) in [5.41, 5.74) is 10.3. The molecule has 0 radical (unpaired) electrons. The number of hydrogen-bond donors (Lipinski definition) is 2. The van der Waals surface area contributed by atoms with Crippen LogP contribution < -0.4 is 20.5 Å². The lowest BCUT2D eigenvalue weighted by molar-refractivity contribution is 0.352. The van der Waals surface area contributed by atoms with Crippen LogP contribution in [0, 0.1) is 5.92 Å². The maximum absolute atomic E-state index is 6.14. The number of thiocarbonyl (C=S) groups is 1. The second-order valence-electron chi connectivity index (χ2n) is 6.84. The molecular weight excluding hydrogens is 368 g/mol. The van der Waals surface area contributed by atoms with Crippen LogP contribution in [0.1, 0.15) is 41.5 Å². The second-order valence-corrected chi connectivity index (χ2v) is 7.74. The Kier molecular flexibility index (Phi) is 4.45. The number of fused-ring (bicyclic) bond motifs is 3. The van der Waals surface area contributed by atoms with Crippen molar-refractivity contribution in [3.8, 4) is 11.5 Å². The number of nitrogens with two attached hydrogens (primary N) is 1. The molecule has 2 aromatic carbocycles. The summed E-state index contributed by atoms with van der Waals surface area (Å²) < 4.78 is 11.1. The summed E-state index contributed by atoms with van der Waals surface area (Å²) in [5.74, 6) is 2.08. The lowest BCUT2D eigenvalue weighted by Gasteiger charge is -2.32. The lowest BCUT2D eigenvalue weighted by atomic mass is 9.80. The Morgan fingerprint density at radius 2 is 1.81 bits per heavy atom. The summed E-state index contributed by atoms with van der Waals surface area (Å²) in [6.07, 6.45) is 1.93. The van der Waals surface area contributed by atoms with Gasteiger partial charge in [0.1, 0.15) is 0 Å². The Balaban J connectivity index is 1.89. The standard InChI is InChI=1S/C20H21ClN2O2S/c1-24-16-8-12-13(9-17(16)25-2)20-11(4-6-18(26)23-20)19(12)10-3-5-14(21)15(22)7-10/h3,5,7-9,11,19-20H,4,6,22H2,1-2H3,(H,23,26). The van der Waals surface area contributed by atoms with Gasteiger partial charge in [0.05, 0.1) is 36.0 Å². The topological polar surface area (TPSA) is 56.5 Å². The van der Waals surface area contributed by atoms with Gasteiger partial charge < -0.3 is 20.5 Å². The summed E-state index contributed by atoms with van der Waals surface area (Å²) in [7, 11) is 3.32. The third-order valence-corrected chi connectivity index (χ3v) is 6.18. The lowest BCUT2D eigenvalue weighted by Crippen LogP contribution is -2.36. The van der Waals surface area contributed by atoms with Crippen molar-refractivity contribution in [2.45, 2.75) is 24.8 Å². The molecule has 3 unspecified atom stereocenters. The maximum atomic E-state index is 6.14. The molecule has 6 heteroatoms. The van der Waals surface area contributed by atoms with E-state index < -0.39 is 0 Å². The van der Waals surface area contributed by atoms with Crippen LogP contribution in [0.15, 0.2) is 30.3 Å². The monoisotopic (exact) mass is 388 g/mol. The van der Waals surface area contributed by atoms with Crippen molar-refractivity contribution in [2.75, 3.05) is 20.0 Å². The molecule has 1 fully saturated rings. The van der Waals surface area contributed by atoms with Crippen LogP contribution in [-0.4, -0.2) is 19.2 Å². The molecule has 3 N–H and O–H groups in total. The van der Waals surface area contributed by atoms with Crippen molar-refractivity contribution in [3.05, 3.63) is 52.0 Å². The number of nitrogens with one attached hydrogen (secondary N) is 1. The Hall–Kier alpha value is -1.98. The first-order valence-corrected chi connectivity index (χ1v) is 9.42. The van der Waals surface area contributed by atoms with E-state index in [4.69, 9.17) is 39.0 Å². The van der Waals surface area contributed by atoms with Gasteiger partial charge >= 0.3 is 0 Å². The molecule has 1 aliphatic heterocycles. The van der Waals surface area contributed by atoms with Gasteiger partial charge in [-0.3, -0.25) is 0 Å². The van der Waals surface area contributed by atoms with Gasteiger partial charge in [-0.05, 0) is 59.7 Å². The van der Waals surface area contributed by atoms with Crippen LogP contribution in [0.5, 0.6) is 11.5 Å². The largest absolute Gasteiger partial charge is 0.493 e. The normalized spacial score (nSPS) is 23.8. The zero-order chi connectivity index (χ0) is 18.4. The predicted octanol–water partition coefficient (Wildman–Crippen LogP) is 4.45. The molecule has 0 amide bonds. The van der Waals surface area contributed by atoms with E-state index >= 15 is 0 Å². The van der Waals surface area contributed by atoms with Crippen molar-refractivity contribution in [2.24, 2.45) is 5.92 Å². The molecular formula is C20H21ClN2O2S. The molecule has 4 nitrogen and oxygen atoms in total.